The SMILES string of the molecule is O=C(NCC1(O)CN2CCC1(F)C2)N1CCc2ccccc2[C@@H]1c1ccc(F)cc1. The van der Waals surface area contributed by atoms with E-state index in [2.05, 4.69) is 5.32 Å². The number of amides is 2. The van der Waals surface area contributed by atoms with Crippen LogP contribution in [0.3, 0.4) is 0 Å². The van der Waals surface area contributed by atoms with Gasteiger partial charge in [0.25, 0.3) is 0 Å². The maximum absolute atomic E-state index is 15.1. The van der Waals surface area contributed by atoms with Crippen LogP contribution in [0.4, 0.5) is 13.6 Å². The van der Waals surface area contributed by atoms with Gasteiger partial charge >= 0.3 is 6.03 Å². The minimum absolute atomic E-state index is 0.132. The van der Waals surface area contributed by atoms with Gasteiger partial charge in [-0.2, -0.15) is 0 Å². The number of fused-ring (bicyclic) bond motifs is 3. The summed E-state index contributed by atoms with van der Waals surface area (Å²) in [6, 6.07) is 13.4. The molecule has 3 unspecified atom stereocenters. The summed E-state index contributed by atoms with van der Waals surface area (Å²) in [4.78, 5) is 16.7. The Morgan fingerprint density at radius 3 is 2.60 bits per heavy atom. The summed E-state index contributed by atoms with van der Waals surface area (Å²) in [5.74, 6) is -0.333. The molecular weight excluding hydrogens is 388 g/mol. The third-order valence-corrected chi connectivity index (χ3v) is 6.88. The van der Waals surface area contributed by atoms with Crippen molar-refractivity contribution in [3.05, 3.63) is 71.0 Å². The first-order chi connectivity index (χ1) is 14.4. The second-order valence-electron chi connectivity index (χ2n) is 8.71. The van der Waals surface area contributed by atoms with Crippen LogP contribution in [0.2, 0.25) is 0 Å². The zero-order valence-corrected chi connectivity index (χ0v) is 16.7. The molecule has 2 N–H and O–H groups in total. The van der Waals surface area contributed by atoms with Gasteiger partial charge in [-0.1, -0.05) is 36.4 Å². The fourth-order valence-electron chi connectivity index (χ4n) is 5.20. The summed E-state index contributed by atoms with van der Waals surface area (Å²) < 4.78 is 28.6. The zero-order valence-electron chi connectivity index (χ0n) is 16.7. The van der Waals surface area contributed by atoms with Crippen LogP contribution in [-0.4, -0.2) is 64.9 Å². The first-order valence-corrected chi connectivity index (χ1v) is 10.4. The molecule has 158 valence electrons. The van der Waals surface area contributed by atoms with Gasteiger partial charge in [-0.15, -0.1) is 0 Å². The van der Waals surface area contributed by atoms with E-state index in [1.807, 2.05) is 29.2 Å². The molecule has 3 aliphatic heterocycles. The highest BCUT2D eigenvalue weighted by atomic mass is 19.1. The number of carbonyl (C=O) groups is 1. The highest BCUT2D eigenvalue weighted by Gasteiger charge is 2.61. The lowest BCUT2D eigenvalue weighted by Gasteiger charge is -2.40. The molecule has 0 aromatic heterocycles. The minimum atomic E-state index is -1.68. The molecule has 2 saturated heterocycles. The van der Waals surface area contributed by atoms with Crippen LogP contribution in [0.25, 0.3) is 0 Å². The Bertz CT molecular complexity index is 969. The molecule has 0 aliphatic carbocycles. The molecule has 2 amide bonds. The standard InChI is InChI=1S/C23H25F2N3O2/c24-18-7-5-17(6-8-18)20-19-4-2-1-3-16(19)9-11-28(20)21(29)26-13-23(30)15-27-12-10-22(23,25)14-27/h1-8,20,30H,9-15H2,(H,26,29)/t20-,22?,23?/m0/s1. The first-order valence-electron chi connectivity index (χ1n) is 10.4. The Morgan fingerprint density at radius 1 is 1.13 bits per heavy atom. The van der Waals surface area contributed by atoms with Gasteiger partial charge in [0.2, 0.25) is 0 Å². The number of rotatable bonds is 3. The molecule has 0 radical (unpaired) electrons. The number of halogens is 2. The van der Waals surface area contributed by atoms with Gasteiger partial charge in [-0.3, -0.25) is 4.90 Å². The van der Waals surface area contributed by atoms with Gasteiger partial charge < -0.3 is 15.3 Å². The molecule has 2 aromatic rings. The van der Waals surface area contributed by atoms with Crippen molar-refractivity contribution in [2.45, 2.75) is 30.2 Å². The van der Waals surface area contributed by atoms with Gasteiger partial charge in [0.05, 0.1) is 12.6 Å². The van der Waals surface area contributed by atoms with E-state index in [4.69, 9.17) is 0 Å². The molecule has 4 atom stereocenters. The Kier molecular flexibility index (Phi) is 4.56. The number of hydrogen-bond donors (Lipinski definition) is 2. The number of nitrogens with zero attached hydrogens (tertiary/aromatic N) is 2. The number of alkyl halides is 1. The van der Waals surface area contributed by atoms with E-state index in [0.717, 1.165) is 16.7 Å². The van der Waals surface area contributed by atoms with Crippen molar-refractivity contribution >= 4 is 6.03 Å². The van der Waals surface area contributed by atoms with Gasteiger partial charge in [0, 0.05) is 26.2 Å². The van der Waals surface area contributed by atoms with Crippen LogP contribution >= 0.6 is 0 Å². The number of nitrogens with one attached hydrogen (secondary N) is 1. The molecule has 3 heterocycles. The zero-order chi connectivity index (χ0) is 20.9. The van der Waals surface area contributed by atoms with Crippen LogP contribution in [0, 0.1) is 5.82 Å². The molecule has 5 nitrogen and oxygen atoms in total. The van der Waals surface area contributed by atoms with E-state index in [1.54, 1.807) is 17.0 Å². The predicted molar refractivity (Wildman–Crippen MR) is 108 cm³/mol. The highest BCUT2D eigenvalue weighted by Crippen LogP contribution is 2.43. The quantitative estimate of drug-likeness (QED) is 0.814. The molecule has 2 bridgehead atoms. The van der Waals surface area contributed by atoms with Gasteiger partial charge in [0.15, 0.2) is 5.67 Å². The fourth-order valence-corrected chi connectivity index (χ4v) is 5.20. The number of aliphatic hydroxyl groups is 1. The Balaban J connectivity index is 1.39. The van der Waals surface area contributed by atoms with Crippen molar-refractivity contribution in [2.24, 2.45) is 0 Å². The second-order valence-corrected chi connectivity index (χ2v) is 8.71. The highest BCUT2D eigenvalue weighted by molar-refractivity contribution is 5.76. The largest absolute Gasteiger partial charge is 0.383 e. The summed E-state index contributed by atoms with van der Waals surface area (Å²) in [7, 11) is 0. The Hall–Kier alpha value is -2.51. The van der Waals surface area contributed by atoms with E-state index in [-0.39, 0.29) is 43.9 Å². The summed E-state index contributed by atoms with van der Waals surface area (Å²) in [6.07, 6.45) is 0.987. The van der Waals surface area contributed by atoms with Crippen LogP contribution in [0.1, 0.15) is 29.2 Å². The summed E-state index contributed by atoms with van der Waals surface area (Å²) in [5, 5.41) is 13.7. The molecule has 2 aromatic carbocycles. The Labute approximate surface area is 174 Å². The minimum Gasteiger partial charge on any atom is -0.383 e. The smallest absolute Gasteiger partial charge is 0.318 e. The first kappa shape index (κ1) is 19.5. The summed E-state index contributed by atoms with van der Waals surface area (Å²) >= 11 is 0. The van der Waals surface area contributed by atoms with E-state index >= 15 is 4.39 Å². The maximum Gasteiger partial charge on any atom is 0.318 e. The van der Waals surface area contributed by atoms with E-state index in [0.29, 0.717) is 19.5 Å². The lowest BCUT2D eigenvalue weighted by molar-refractivity contribution is -0.0747. The lowest BCUT2D eigenvalue weighted by atomic mass is 9.84. The second kappa shape index (κ2) is 7.03. The average molecular weight is 413 g/mol. The van der Waals surface area contributed by atoms with Gasteiger partial charge in [-0.25, -0.2) is 13.6 Å². The van der Waals surface area contributed by atoms with Gasteiger partial charge in [-0.05, 0) is 41.7 Å². The predicted octanol–water partition coefficient (Wildman–Crippen LogP) is 2.64. The molecule has 0 saturated carbocycles. The van der Waals surface area contributed by atoms with Crippen molar-refractivity contribution in [3.8, 4) is 0 Å². The molecular formula is C23H25F2N3O2. The van der Waals surface area contributed by atoms with Crippen LogP contribution in [-0.2, 0) is 6.42 Å². The number of urea groups is 1. The monoisotopic (exact) mass is 413 g/mol. The molecule has 3 aliphatic rings. The lowest BCUT2D eigenvalue weighted by Crippen LogP contribution is -2.60. The van der Waals surface area contributed by atoms with Crippen molar-refractivity contribution in [3.63, 3.8) is 0 Å². The van der Waals surface area contributed by atoms with Crippen LogP contribution < -0.4 is 5.32 Å². The maximum atomic E-state index is 15.1. The van der Waals surface area contributed by atoms with Crippen molar-refractivity contribution in [1.29, 1.82) is 0 Å². The van der Waals surface area contributed by atoms with Crippen molar-refractivity contribution < 1.29 is 18.7 Å². The fraction of sp³-hybridized carbons (Fsp3) is 0.435. The third-order valence-electron chi connectivity index (χ3n) is 6.88. The summed E-state index contributed by atoms with van der Waals surface area (Å²) in [6.45, 7) is 1.44. The van der Waals surface area contributed by atoms with E-state index < -0.39 is 11.3 Å². The van der Waals surface area contributed by atoms with Crippen LogP contribution in [0.15, 0.2) is 48.5 Å². The van der Waals surface area contributed by atoms with Gasteiger partial charge in [0.1, 0.15) is 11.4 Å². The van der Waals surface area contributed by atoms with Crippen LogP contribution in [0.5, 0.6) is 0 Å². The number of benzene rings is 2. The van der Waals surface area contributed by atoms with E-state index in [1.165, 1.54) is 12.1 Å². The molecule has 5 rings (SSSR count). The molecule has 7 heteroatoms. The normalized spacial score (nSPS) is 32.2. The molecule has 30 heavy (non-hydrogen) atoms. The summed E-state index contributed by atoms with van der Waals surface area (Å²) in [5.41, 5.74) is -0.286. The number of piperidine rings is 1. The Morgan fingerprint density at radius 2 is 1.90 bits per heavy atom. The number of hydrogen-bond acceptors (Lipinski definition) is 3. The number of carbonyl (C=O) groups excluding carboxylic acids is 1. The van der Waals surface area contributed by atoms with E-state index in [9.17, 15) is 14.3 Å². The topological polar surface area (TPSA) is 55.8 Å². The van der Waals surface area contributed by atoms with Crippen molar-refractivity contribution in [1.82, 2.24) is 15.1 Å². The molecule has 2 fully saturated rings. The molecule has 0 spiro atoms. The van der Waals surface area contributed by atoms with Crippen molar-refractivity contribution in [2.75, 3.05) is 32.7 Å². The average Bonchev–Trinajstić information content (AvgIpc) is 3.25. The third kappa shape index (κ3) is 3.08.